The number of carbonyl (C=O) groups excluding carboxylic acids is 1. The van der Waals surface area contributed by atoms with Crippen molar-refractivity contribution in [2.24, 2.45) is 0 Å². The standard InChI is InChI=1S/C23H23ClN2O4S/c1-16-9-12-21(30-3)22(13-16)31(28,29)26(19-7-5-4-6-8-19)15-23(27)25-20-14-18(24)11-10-17(20)2/h4-14H,15H2,1-3H3,(H,25,27). The highest BCUT2D eigenvalue weighted by Crippen LogP contribution is 2.31. The van der Waals surface area contributed by atoms with E-state index in [-0.39, 0.29) is 10.6 Å². The van der Waals surface area contributed by atoms with Gasteiger partial charge in [0.2, 0.25) is 5.91 Å². The number of rotatable bonds is 7. The van der Waals surface area contributed by atoms with Gasteiger partial charge in [-0.25, -0.2) is 8.42 Å². The van der Waals surface area contributed by atoms with Crippen LogP contribution in [-0.2, 0) is 14.8 Å². The number of ether oxygens (including phenoxy) is 1. The number of amides is 1. The first-order chi connectivity index (χ1) is 14.7. The van der Waals surface area contributed by atoms with Crippen LogP contribution in [0.1, 0.15) is 11.1 Å². The molecular formula is C23H23ClN2O4S. The number of hydrogen-bond acceptors (Lipinski definition) is 4. The van der Waals surface area contributed by atoms with Gasteiger partial charge in [-0.3, -0.25) is 9.10 Å². The summed E-state index contributed by atoms with van der Waals surface area (Å²) < 4.78 is 33.6. The van der Waals surface area contributed by atoms with Crippen LogP contribution in [0.4, 0.5) is 11.4 Å². The zero-order chi connectivity index (χ0) is 22.6. The monoisotopic (exact) mass is 458 g/mol. The molecule has 1 N–H and O–H groups in total. The van der Waals surface area contributed by atoms with Gasteiger partial charge in [0.15, 0.2) is 0 Å². The molecule has 0 saturated carbocycles. The van der Waals surface area contributed by atoms with E-state index in [1.807, 2.05) is 6.92 Å². The number of sulfonamides is 1. The zero-order valence-electron chi connectivity index (χ0n) is 17.4. The summed E-state index contributed by atoms with van der Waals surface area (Å²) in [5.74, 6) is -0.290. The van der Waals surface area contributed by atoms with E-state index >= 15 is 0 Å². The number of aryl methyl sites for hydroxylation is 2. The molecule has 0 heterocycles. The molecule has 162 valence electrons. The molecule has 0 spiro atoms. The first-order valence-electron chi connectivity index (χ1n) is 9.51. The van der Waals surface area contributed by atoms with Gasteiger partial charge in [-0.05, 0) is 61.4 Å². The van der Waals surface area contributed by atoms with E-state index in [1.54, 1.807) is 67.6 Å². The number of nitrogens with zero attached hydrogens (tertiary/aromatic N) is 1. The lowest BCUT2D eigenvalue weighted by atomic mass is 10.2. The van der Waals surface area contributed by atoms with Crippen molar-refractivity contribution in [3.8, 4) is 5.75 Å². The van der Waals surface area contributed by atoms with Gasteiger partial charge in [0, 0.05) is 10.7 Å². The Bertz CT molecular complexity index is 1200. The number of nitrogens with one attached hydrogen (secondary N) is 1. The van der Waals surface area contributed by atoms with Gasteiger partial charge in [-0.1, -0.05) is 41.9 Å². The smallest absolute Gasteiger partial charge is 0.268 e. The molecule has 0 saturated heterocycles. The Kier molecular flexibility index (Phi) is 6.87. The fourth-order valence-electron chi connectivity index (χ4n) is 3.06. The van der Waals surface area contributed by atoms with Crippen molar-refractivity contribution in [2.75, 3.05) is 23.3 Å². The van der Waals surface area contributed by atoms with Crippen LogP contribution in [-0.4, -0.2) is 28.0 Å². The molecule has 0 aromatic heterocycles. The third-order valence-electron chi connectivity index (χ3n) is 4.69. The lowest BCUT2D eigenvalue weighted by Crippen LogP contribution is -2.38. The summed E-state index contributed by atoms with van der Waals surface area (Å²) in [4.78, 5) is 12.9. The van der Waals surface area contributed by atoms with Crippen molar-refractivity contribution in [3.05, 3.63) is 82.9 Å². The second-order valence-electron chi connectivity index (χ2n) is 7.01. The molecule has 0 unspecified atom stereocenters. The summed E-state index contributed by atoms with van der Waals surface area (Å²) >= 11 is 6.03. The first-order valence-corrected chi connectivity index (χ1v) is 11.3. The maximum atomic E-state index is 13.6. The lowest BCUT2D eigenvalue weighted by molar-refractivity contribution is -0.114. The predicted molar refractivity (Wildman–Crippen MR) is 124 cm³/mol. The molecule has 6 nitrogen and oxygen atoms in total. The summed E-state index contributed by atoms with van der Waals surface area (Å²) in [5.41, 5.74) is 2.46. The van der Waals surface area contributed by atoms with Crippen molar-refractivity contribution in [1.82, 2.24) is 0 Å². The molecule has 0 aliphatic carbocycles. The highest BCUT2D eigenvalue weighted by molar-refractivity contribution is 7.93. The quantitative estimate of drug-likeness (QED) is 0.551. The topological polar surface area (TPSA) is 75.7 Å². The van der Waals surface area contributed by atoms with Gasteiger partial charge in [0.1, 0.15) is 17.2 Å². The van der Waals surface area contributed by atoms with Crippen molar-refractivity contribution in [1.29, 1.82) is 0 Å². The van der Waals surface area contributed by atoms with E-state index < -0.39 is 22.5 Å². The summed E-state index contributed by atoms with van der Waals surface area (Å²) in [6, 6.07) is 18.5. The lowest BCUT2D eigenvalue weighted by Gasteiger charge is -2.25. The van der Waals surface area contributed by atoms with E-state index in [0.29, 0.717) is 16.4 Å². The number of hydrogen-bond donors (Lipinski definition) is 1. The maximum Gasteiger partial charge on any atom is 0.268 e. The van der Waals surface area contributed by atoms with E-state index in [9.17, 15) is 13.2 Å². The second kappa shape index (κ2) is 9.41. The molecule has 0 fully saturated rings. The average Bonchev–Trinajstić information content (AvgIpc) is 2.75. The van der Waals surface area contributed by atoms with Gasteiger partial charge in [0.25, 0.3) is 10.0 Å². The predicted octanol–water partition coefficient (Wildman–Crippen LogP) is 4.80. The Morgan fingerprint density at radius 3 is 2.42 bits per heavy atom. The van der Waals surface area contributed by atoms with Crippen molar-refractivity contribution < 1.29 is 17.9 Å². The fraction of sp³-hybridized carbons (Fsp3) is 0.174. The molecule has 0 aliphatic rings. The summed E-state index contributed by atoms with van der Waals surface area (Å²) in [6.45, 7) is 3.20. The number of methoxy groups -OCH3 is 1. The van der Waals surface area contributed by atoms with Gasteiger partial charge in [0.05, 0.1) is 12.8 Å². The number of benzene rings is 3. The van der Waals surface area contributed by atoms with Crippen molar-refractivity contribution >= 4 is 38.9 Å². The zero-order valence-corrected chi connectivity index (χ0v) is 19.0. The summed E-state index contributed by atoms with van der Waals surface area (Å²) in [7, 11) is -2.70. The maximum absolute atomic E-state index is 13.6. The summed E-state index contributed by atoms with van der Waals surface area (Å²) in [5, 5.41) is 3.22. The normalized spacial score (nSPS) is 11.1. The minimum Gasteiger partial charge on any atom is -0.495 e. The Morgan fingerprint density at radius 2 is 1.74 bits per heavy atom. The van der Waals surface area contributed by atoms with Crippen LogP contribution < -0.4 is 14.4 Å². The molecule has 31 heavy (non-hydrogen) atoms. The highest BCUT2D eigenvalue weighted by atomic mass is 35.5. The van der Waals surface area contributed by atoms with Crippen LogP contribution in [0.5, 0.6) is 5.75 Å². The van der Waals surface area contributed by atoms with Gasteiger partial charge >= 0.3 is 0 Å². The Morgan fingerprint density at radius 1 is 1.03 bits per heavy atom. The van der Waals surface area contributed by atoms with E-state index in [0.717, 1.165) is 15.4 Å². The third kappa shape index (κ3) is 5.18. The molecule has 0 radical (unpaired) electrons. The van der Waals surface area contributed by atoms with Crippen molar-refractivity contribution in [2.45, 2.75) is 18.7 Å². The SMILES string of the molecule is COc1ccc(C)cc1S(=O)(=O)N(CC(=O)Nc1cc(Cl)ccc1C)c1ccccc1. The largest absolute Gasteiger partial charge is 0.495 e. The molecule has 8 heteroatoms. The minimum atomic E-state index is -4.10. The average molecular weight is 459 g/mol. The van der Waals surface area contributed by atoms with E-state index in [2.05, 4.69) is 5.32 Å². The van der Waals surface area contributed by atoms with Crippen LogP contribution in [0.15, 0.2) is 71.6 Å². The van der Waals surface area contributed by atoms with Crippen LogP contribution in [0.25, 0.3) is 0 Å². The van der Waals surface area contributed by atoms with Crippen LogP contribution in [0.2, 0.25) is 5.02 Å². The van der Waals surface area contributed by atoms with E-state index in [1.165, 1.54) is 13.2 Å². The number of carbonyl (C=O) groups is 1. The molecule has 0 bridgehead atoms. The molecular weight excluding hydrogens is 436 g/mol. The Balaban J connectivity index is 2.01. The number of anilines is 2. The van der Waals surface area contributed by atoms with Gasteiger partial charge in [-0.2, -0.15) is 0 Å². The Hall–Kier alpha value is -3.03. The molecule has 3 aromatic carbocycles. The minimum absolute atomic E-state index is 0.00871. The molecule has 1 amide bonds. The van der Waals surface area contributed by atoms with E-state index in [4.69, 9.17) is 16.3 Å². The fourth-order valence-corrected chi connectivity index (χ4v) is 4.90. The second-order valence-corrected chi connectivity index (χ2v) is 9.28. The van der Waals surface area contributed by atoms with Crippen LogP contribution >= 0.6 is 11.6 Å². The first kappa shape index (κ1) is 22.7. The number of halogens is 1. The third-order valence-corrected chi connectivity index (χ3v) is 6.72. The number of para-hydroxylation sites is 1. The molecule has 3 aromatic rings. The highest BCUT2D eigenvalue weighted by Gasteiger charge is 2.30. The molecule has 0 aliphatic heterocycles. The van der Waals surface area contributed by atoms with Gasteiger partial charge < -0.3 is 10.1 Å². The van der Waals surface area contributed by atoms with Crippen LogP contribution in [0.3, 0.4) is 0 Å². The molecule has 3 rings (SSSR count). The van der Waals surface area contributed by atoms with Gasteiger partial charge in [-0.15, -0.1) is 0 Å². The molecule has 0 atom stereocenters. The van der Waals surface area contributed by atoms with Crippen LogP contribution in [0, 0.1) is 13.8 Å². The van der Waals surface area contributed by atoms with Crippen molar-refractivity contribution in [3.63, 3.8) is 0 Å². The summed E-state index contributed by atoms with van der Waals surface area (Å²) in [6.07, 6.45) is 0. The Labute approximate surface area is 187 Å².